The van der Waals surface area contributed by atoms with E-state index in [0.29, 0.717) is 17.6 Å². The zero-order valence-electron chi connectivity index (χ0n) is 6.67. The van der Waals surface area contributed by atoms with Gasteiger partial charge in [-0.05, 0) is 18.1 Å². The zero-order valence-corrected chi connectivity index (χ0v) is 6.67. The number of hydrogen-bond acceptors (Lipinski definition) is 2. The summed E-state index contributed by atoms with van der Waals surface area (Å²) in [5, 5.41) is 9.22. The summed E-state index contributed by atoms with van der Waals surface area (Å²) in [6.45, 7) is 1.97. The van der Waals surface area contributed by atoms with E-state index in [9.17, 15) is 9.41 Å². The Balaban J connectivity index is 2.63. The molecule has 0 radical (unpaired) electrons. The van der Waals surface area contributed by atoms with Crippen LogP contribution >= 0.6 is 0 Å². The summed E-state index contributed by atoms with van der Waals surface area (Å²) in [6.07, 6.45) is 0. The lowest BCUT2D eigenvalue weighted by Gasteiger charge is -2.02. The average Bonchev–Trinajstić information content (AvgIpc) is 2.41. The van der Waals surface area contributed by atoms with Crippen LogP contribution in [0.5, 0.6) is 0 Å². The third kappa shape index (κ3) is 0.957. The van der Waals surface area contributed by atoms with Gasteiger partial charge in [0.15, 0.2) is 0 Å². The van der Waals surface area contributed by atoms with Crippen molar-refractivity contribution in [3.63, 3.8) is 0 Å². The molecule has 0 spiro atoms. The van der Waals surface area contributed by atoms with Gasteiger partial charge < -0.3 is 9.68 Å². The van der Waals surface area contributed by atoms with Gasteiger partial charge in [-0.1, -0.05) is 12.1 Å². The standard InChI is InChI=1S/C8H8BFO2/c1-5-2-3-6-4-12-9(11)7(6)8(5)10/h2-3,11H,4H2,1H3. The smallest absolute Gasteiger partial charge is 0.423 e. The molecule has 0 atom stereocenters. The quantitative estimate of drug-likeness (QED) is 0.563. The number of rotatable bonds is 0. The Morgan fingerprint density at radius 2 is 2.33 bits per heavy atom. The molecular weight excluding hydrogens is 158 g/mol. The number of hydrogen-bond donors (Lipinski definition) is 1. The predicted molar refractivity (Wildman–Crippen MR) is 43.5 cm³/mol. The fraction of sp³-hybridized carbons (Fsp3) is 0.250. The summed E-state index contributed by atoms with van der Waals surface area (Å²) in [5.41, 5.74) is 1.58. The van der Waals surface area contributed by atoms with Crippen LogP contribution in [0.3, 0.4) is 0 Å². The molecular formula is C8H8BFO2. The summed E-state index contributed by atoms with van der Waals surface area (Å²) in [6, 6.07) is 3.47. The van der Waals surface area contributed by atoms with Gasteiger partial charge in [0.1, 0.15) is 5.82 Å². The first kappa shape index (κ1) is 7.77. The minimum atomic E-state index is -1.08. The van der Waals surface area contributed by atoms with Gasteiger partial charge in [0, 0.05) is 5.46 Å². The Bertz CT molecular complexity index is 327. The minimum absolute atomic E-state index is 0.299. The van der Waals surface area contributed by atoms with Crippen molar-refractivity contribution in [2.24, 2.45) is 0 Å². The van der Waals surface area contributed by atoms with E-state index >= 15 is 0 Å². The topological polar surface area (TPSA) is 29.5 Å². The third-order valence-corrected chi connectivity index (χ3v) is 2.11. The number of benzene rings is 1. The first-order valence-electron chi connectivity index (χ1n) is 3.77. The number of aryl methyl sites for hydroxylation is 1. The molecule has 1 aromatic carbocycles. The molecule has 0 bridgehead atoms. The Hall–Kier alpha value is -0.865. The van der Waals surface area contributed by atoms with Crippen molar-refractivity contribution in [1.29, 1.82) is 0 Å². The van der Waals surface area contributed by atoms with Crippen molar-refractivity contribution in [2.45, 2.75) is 13.5 Å². The molecule has 12 heavy (non-hydrogen) atoms. The van der Waals surface area contributed by atoms with Crippen LogP contribution in [-0.4, -0.2) is 12.1 Å². The molecule has 4 heteroatoms. The second kappa shape index (κ2) is 2.57. The Morgan fingerprint density at radius 1 is 1.58 bits per heavy atom. The van der Waals surface area contributed by atoms with Crippen LogP contribution in [0.4, 0.5) is 4.39 Å². The summed E-state index contributed by atoms with van der Waals surface area (Å²) in [7, 11) is -1.08. The molecule has 0 fully saturated rings. The molecule has 2 nitrogen and oxygen atoms in total. The fourth-order valence-electron chi connectivity index (χ4n) is 1.39. The SMILES string of the molecule is Cc1ccc2c(c1F)B(O)OC2. The minimum Gasteiger partial charge on any atom is -0.423 e. The highest BCUT2D eigenvalue weighted by Gasteiger charge is 2.31. The van der Waals surface area contributed by atoms with E-state index in [4.69, 9.17) is 4.65 Å². The third-order valence-electron chi connectivity index (χ3n) is 2.11. The van der Waals surface area contributed by atoms with Crippen LogP contribution in [0, 0.1) is 12.7 Å². The van der Waals surface area contributed by atoms with E-state index in [-0.39, 0.29) is 5.82 Å². The second-order valence-electron chi connectivity index (χ2n) is 2.93. The van der Waals surface area contributed by atoms with E-state index in [1.807, 2.05) is 0 Å². The van der Waals surface area contributed by atoms with Crippen LogP contribution in [-0.2, 0) is 11.3 Å². The Morgan fingerprint density at radius 3 is 3.08 bits per heavy atom. The monoisotopic (exact) mass is 166 g/mol. The van der Waals surface area contributed by atoms with E-state index in [0.717, 1.165) is 5.56 Å². The molecule has 1 aliphatic heterocycles. The predicted octanol–water partition coefficient (Wildman–Crippen LogP) is 0.352. The van der Waals surface area contributed by atoms with E-state index in [2.05, 4.69) is 0 Å². The Kier molecular flexibility index (Phi) is 1.66. The van der Waals surface area contributed by atoms with Crippen molar-refractivity contribution in [3.05, 3.63) is 29.1 Å². The van der Waals surface area contributed by atoms with Gasteiger partial charge in [-0.25, -0.2) is 4.39 Å². The highest BCUT2D eigenvalue weighted by Crippen LogP contribution is 2.14. The van der Waals surface area contributed by atoms with Crippen molar-refractivity contribution in [1.82, 2.24) is 0 Å². The lowest BCUT2D eigenvalue weighted by Crippen LogP contribution is -2.31. The van der Waals surface area contributed by atoms with Crippen molar-refractivity contribution in [2.75, 3.05) is 0 Å². The molecule has 0 unspecified atom stereocenters. The number of fused-ring (bicyclic) bond motifs is 1. The molecule has 0 aromatic heterocycles. The van der Waals surface area contributed by atoms with Crippen molar-refractivity contribution < 1.29 is 14.1 Å². The maximum Gasteiger partial charge on any atom is 0.494 e. The Labute approximate surface area is 70.1 Å². The van der Waals surface area contributed by atoms with Crippen molar-refractivity contribution >= 4 is 12.6 Å². The van der Waals surface area contributed by atoms with Crippen LogP contribution in [0.15, 0.2) is 12.1 Å². The number of halogens is 1. The maximum atomic E-state index is 13.3. The molecule has 1 heterocycles. The van der Waals surface area contributed by atoms with Gasteiger partial charge in [0.05, 0.1) is 6.61 Å². The van der Waals surface area contributed by atoms with Gasteiger partial charge in [-0.2, -0.15) is 0 Å². The molecule has 0 aliphatic carbocycles. The van der Waals surface area contributed by atoms with Crippen molar-refractivity contribution in [3.8, 4) is 0 Å². The van der Waals surface area contributed by atoms with Gasteiger partial charge in [-0.3, -0.25) is 0 Å². The first-order chi connectivity index (χ1) is 5.70. The normalized spacial score (nSPS) is 15.1. The lowest BCUT2D eigenvalue weighted by atomic mass is 9.78. The zero-order chi connectivity index (χ0) is 8.72. The van der Waals surface area contributed by atoms with Gasteiger partial charge in [0.2, 0.25) is 0 Å². The summed E-state index contributed by atoms with van der Waals surface area (Å²) >= 11 is 0. The van der Waals surface area contributed by atoms with Gasteiger partial charge in [-0.15, -0.1) is 0 Å². The summed E-state index contributed by atoms with van der Waals surface area (Å²) in [5.74, 6) is -0.350. The molecule has 1 N–H and O–H groups in total. The average molecular weight is 166 g/mol. The van der Waals surface area contributed by atoms with E-state index in [1.165, 1.54) is 0 Å². The maximum absolute atomic E-state index is 13.3. The van der Waals surface area contributed by atoms with Crippen LogP contribution in [0.2, 0.25) is 0 Å². The van der Waals surface area contributed by atoms with Gasteiger partial charge >= 0.3 is 7.12 Å². The van der Waals surface area contributed by atoms with E-state index < -0.39 is 7.12 Å². The lowest BCUT2D eigenvalue weighted by molar-refractivity contribution is 0.275. The molecule has 62 valence electrons. The largest absolute Gasteiger partial charge is 0.494 e. The summed E-state index contributed by atoms with van der Waals surface area (Å²) < 4.78 is 18.2. The summed E-state index contributed by atoms with van der Waals surface area (Å²) in [4.78, 5) is 0. The van der Waals surface area contributed by atoms with Crippen LogP contribution in [0.25, 0.3) is 0 Å². The highest BCUT2D eigenvalue weighted by atomic mass is 19.1. The van der Waals surface area contributed by atoms with Gasteiger partial charge in [0.25, 0.3) is 0 Å². The molecule has 1 aromatic rings. The molecule has 1 aliphatic rings. The molecule has 0 amide bonds. The second-order valence-corrected chi connectivity index (χ2v) is 2.93. The van der Waals surface area contributed by atoms with Crippen LogP contribution < -0.4 is 5.46 Å². The molecule has 0 saturated carbocycles. The fourth-order valence-corrected chi connectivity index (χ4v) is 1.39. The molecule has 2 rings (SSSR count). The first-order valence-corrected chi connectivity index (χ1v) is 3.77. The van der Waals surface area contributed by atoms with Crippen LogP contribution in [0.1, 0.15) is 11.1 Å². The highest BCUT2D eigenvalue weighted by molar-refractivity contribution is 6.61. The van der Waals surface area contributed by atoms with E-state index in [1.54, 1.807) is 19.1 Å². The molecule has 0 saturated heterocycles.